The first-order valence-electron chi connectivity index (χ1n) is 19.4. The highest BCUT2D eigenvalue weighted by atomic mass is 35.5. The van der Waals surface area contributed by atoms with Gasteiger partial charge in [0.25, 0.3) is 0 Å². The predicted octanol–water partition coefficient (Wildman–Crippen LogP) is 3.49. The number of alkyl carbamates (subject to hydrolysis) is 2. The van der Waals surface area contributed by atoms with Crippen LogP contribution in [0.15, 0.2) is 12.2 Å². The zero-order valence-electron chi connectivity index (χ0n) is 33.2. The number of hydrogen-bond acceptors (Lipinski definition) is 15. The molecule has 0 radical (unpaired) electrons. The summed E-state index contributed by atoms with van der Waals surface area (Å²) in [4.78, 5) is 48.9. The van der Waals surface area contributed by atoms with Crippen LogP contribution in [0.4, 0.5) is 9.59 Å². The lowest BCUT2D eigenvalue weighted by Crippen LogP contribution is -2.33. The Morgan fingerprint density at radius 2 is 0.964 bits per heavy atom. The van der Waals surface area contributed by atoms with Crippen LogP contribution in [0.5, 0.6) is 0 Å². The van der Waals surface area contributed by atoms with Crippen molar-refractivity contribution in [1.82, 2.24) is 15.5 Å². The first kappa shape index (κ1) is 52.2. The lowest BCUT2D eigenvalue weighted by atomic mass is 10.2. The van der Waals surface area contributed by atoms with Gasteiger partial charge in [-0.3, -0.25) is 9.59 Å². The Balaban J connectivity index is 3.40. The molecule has 17 nitrogen and oxygen atoms in total. The first-order valence-corrected chi connectivity index (χ1v) is 19.9. The highest BCUT2D eigenvalue weighted by molar-refractivity contribution is 6.17. The minimum absolute atomic E-state index is 0.0224. The van der Waals surface area contributed by atoms with E-state index in [-0.39, 0.29) is 77.6 Å². The number of likely N-dealkylation sites (N-methyl/N-ethyl adjacent to an activating group) is 1. The van der Waals surface area contributed by atoms with Gasteiger partial charge in [0.2, 0.25) is 0 Å². The molecular weight excluding hydrogens is 746 g/mol. The number of rotatable bonds is 40. The van der Waals surface area contributed by atoms with Crippen LogP contribution >= 0.6 is 11.6 Å². The molecule has 2 amide bonds. The van der Waals surface area contributed by atoms with Crippen molar-refractivity contribution in [2.45, 2.75) is 58.3 Å². The zero-order chi connectivity index (χ0) is 40.3. The van der Waals surface area contributed by atoms with Crippen molar-refractivity contribution in [3.8, 4) is 0 Å². The molecule has 0 atom stereocenters. The van der Waals surface area contributed by atoms with E-state index < -0.39 is 12.2 Å². The number of carbonyl (C=O) groups excluding carboxylic acids is 4. The lowest BCUT2D eigenvalue weighted by molar-refractivity contribution is -0.146. The largest absolute Gasteiger partial charge is 0.463 e. The van der Waals surface area contributed by atoms with Crippen LogP contribution in [0.25, 0.3) is 0 Å². The van der Waals surface area contributed by atoms with Crippen molar-refractivity contribution in [2.24, 2.45) is 0 Å². The van der Waals surface area contributed by atoms with Crippen LogP contribution in [0.2, 0.25) is 0 Å². The molecule has 0 aromatic rings. The van der Waals surface area contributed by atoms with Crippen LogP contribution in [0.3, 0.4) is 0 Å². The van der Waals surface area contributed by atoms with Gasteiger partial charge in [-0.2, -0.15) is 0 Å². The highest BCUT2D eigenvalue weighted by Crippen LogP contribution is 2.01. The van der Waals surface area contributed by atoms with Gasteiger partial charge in [0, 0.05) is 58.2 Å². The topological polar surface area (TPSA) is 188 Å². The van der Waals surface area contributed by atoms with E-state index in [0.29, 0.717) is 78.1 Å². The summed E-state index contributed by atoms with van der Waals surface area (Å²) in [5, 5.41) is 5.23. The maximum atomic E-state index is 11.8. The number of carbonyl (C=O) groups is 4. The summed E-state index contributed by atoms with van der Waals surface area (Å²) in [6.07, 6.45) is 8.00. The van der Waals surface area contributed by atoms with Gasteiger partial charge in [0.1, 0.15) is 26.4 Å². The number of esters is 2. The van der Waals surface area contributed by atoms with E-state index >= 15 is 0 Å². The summed E-state index contributed by atoms with van der Waals surface area (Å²) < 4.78 is 52.7. The molecule has 0 saturated carbocycles. The number of unbranched alkanes of at least 4 members (excludes halogenated alkanes) is 3. The Kier molecular flexibility index (Phi) is 40.2. The number of amides is 2. The molecule has 0 bridgehead atoms. The molecule has 0 aliphatic heterocycles. The van der Waals surface area contributed by atoms with Gasteiger partial charge in [0.05, 0.1) is 59.5 Å². The molecular formula is C37H68ClN3O14. The molecule has 0 heterocycles. The number of hydrogen-bond donors (Lipinski definition) is 2. The molecule has 0 aromatic carbocycles. The summed E-state index contributed by atoms with van der Waals surface area (Å²) >= 11 is 5.65. The Morgan fingerprint density at radius 1 is 0.509 bits per heavy atom. The highest BCUT2D eigenvalue weighted by Gasteiger charge is 2.05. The standard InChI is InChI=1S/C37H68ClN3O14/c1-3-41(2)17-15-39-36(44)55-33-31-51-28-26-48-19-10-12-34(42)52-21-8-9-22-54-37(45)40-16-23-49-27-29-50-30-32-53-35(43)13-11-20-47-25-24-46-18-7-5-4-6-14-38/h8-9H,3-7,10-33H2,1-2H3,(H,39,44)(H,40,45)/b9-8+. The maximum Gasteiger partial charge on any atom is 0.407 e. The first-order chi connectivity index (χ1) is 26.9. The molecule has 0 saturated heterocycles. The molecule has 2 N–H and O–H groups in total. The minimum atomic E-state index is -0.600. The quantitative estimate of drug-likeness (QED) is 0.0301. The molecule has 322 valence electrons. The normalized spacial score (nSPS) is 11.2. The average Bonchev–Trinajstić information content (AvgIpc) is 3.17. The van der Waals surface area contributed by atoms with E-state index in [2.05, 4.69) is 15.5 Å². The maximum absolute atomic E-state index is 11.8. The predicted molar refractivity (Wildman–Crippen MR) is 206 cm³/mol. The summed E-state index contributed by atoms with van der Waals surface area (Å²) in [5.41, 5.74) is 0. The van der Waals surface area contributed by atoms with Crippen molar-refractivity contribution >= 4 is 35.7 Å². The fraction of sp³-hybridized carbons (Fsp3) is 0.838. The second-order valence-electron chi connectivity index (χ2n) is 11.8. The molecule has 0 rings (SSSR count). The molecule has 0 aliphatic rings. The lowest BCUT2D eigenvalue weighted by Gasteiger charge is -2.14. The van der Waals surface area contributed by atoms with E-state index in [1.165, 1.54) is 0 Å². The smallest absolute Gasteiger partial charge is 0.407 e. The van der Waals surface area contributed by atoms with Crippen LogP contribution in [0, 0.1) is 0 Å². The number of alkyl halides is 1. The van der Waals surface area contributed by atoms with Gasteiger partial charge >= 0.3 is 24.1 Å². The molecule has 0 spiro atoms. The fourth-order valence-electron chi connectivity index (χ4n) is 4.04. The van der Waals surface area contributed by atoms with Crippen LogP contribution < -0.4 is 10.6 Å². The number of nitrogens with one attached hydrogen (secondary N) is 2. The van der Waals surface area contributed by atoms with E-state index in [9.17, 15) is 19.2 Å². The molecule has 0 unspecified atom stereocenters. The van der Waals surface area contributed by atoms with Gasteiger partial charge in [-0.05, 0) is 51.4 Å². The third kappa shape index (κ3) is 42.2. The minimum Gasteiger partial charge on any atom is -0.463 e. The van der Waals surface area contributed by atoms with Crippen LogP contribution in [0.1, 0.15) is 58.3 Å². The molecule has 18 heteroatoms. The second kappa shape index (κ2) is 42.4. The molecule has 0 fully saturated rings. The van der Waals surface area contributed by atoms with Crippen molar-refractivity contribution in [3.63, 3.8) is 0 Å². The van der Waals surface area contributed by atoms with E-state index in [4.69, 9.17) is 59.0 Å². The van der Waals surface area contributed by atoms with Crippen LogP contribution in [-0.4, -0.2) is 174 Å². The SMILES string of the molecule is CCN(C)CCNC(=O)OCCOCCOCCCC(=O)OC/C=C/COC(=O)NCCOCCOCCOC(=O)CCCOCCOCCCCCCCl. The third-order valence-corrected chi connectivity index (χ3v) is 7.48. The Bertz CT molecular complexity index is 951. The Hall–Kier alpha value is -2.77. The van der Waals surface area contributed by atoms with Crippen molar-refractivity contribution in [2.75, 3.05) is 145 Å². The molecule has 55 heavy (non-hydrogen) atoms. The number of nitrogens with zero attached hydrogens (tertiary/aromatic N) is 1. The van der Waals surface area contributed by atoms with Gasteiger partial charge in [-0.15, -0.1) is 11.6 Å². The molecule has 0 aliphatic carbocycles. The average molecular weight is 814 g/mol. The van der Waals surface area contributed by atoms with E-state index in [1.54, 1.807) is 12.2 Å². The summed E-state index contributed by atoms with van der Waals surface area (Å²) in [6.45, 7) is 9.68. The zero-order valence-corrected chi connectivity index (χ0v) is 34.0. The van der Waals surface area contributed by atoms with Gasteiger partial charge < -0.3 is 62.9 Å². The van der Waals surface area contributed by atoms with Gasteiger partial charge in [-0.1, -0.05) is 19.8 Å². The monoisotopic (exact) mass is 813 g/mol. The van der Waals surface area contributed by atoms with Crippen LogP contribution in [-0.2, 0) is 57.0 Å². The Morgan fingerprint density at radius 3 is 1.56 bits per heavy atom. The van der Waals surface area contributed by atoms with Crippen molar-refractivity contribution in [1.29, 1.82) is 0 Å². The summed E-state index contributed by atoms with van der Waals surface area (Å²) in [6, 6.07) is 0. The second-order valence-corrected chi connectivity index (χ2v) is 12.2. The molecule has 0 aromatic heterocycles. The van der Waals surface area contributed by atoms with Gasteiger partial charge in [-0.25, -0.2) is 9.59 Å². The summed E-state index contributed by atoms with van der Waals surface area (Å²) in [7, 11) is 1.97. The van der Waals surface area contributed by atoms with Crippen molar-refractivity contribution < 1.29 is 66.5 Å². The Labute approximate surface area is 332 Å². The van der Waals surface area contributed by atoms with Gasteiger partial charge in [0.15, 0.2) is 0 Å². The van der Waals surface area contributed by atoms with Crippen molar-refractivity contribution in [3.05, 3.63) is 12.2 Å². The van der Waals surface area contributed by atoms with E-state index in [0.717, 1.165) is 45.4 Å². The summed E-state index contributed by atoms with van der Waals surface area (Å²) in [5.74, 6) is 0.0553. The van der Waals surface area contributed by atoms with E-state index in [1.807, 2.05) is 14.0 Å². The number of halogens is 1. The fourth-order valence-corrected chi connectivity index (χ4v) is 4.23. The third-order valence-electron chi connectivity index (χ3n) is 7.22. The number of ether oxygens (including phenoxy) is 10.